The first-order valence-electron chi connectivity index (χ1n) is 5.60. The molecule has 1 N–H and O–H groups in total. The van der Waals surface area contributed by atoms with Crippen LogP contribution >= 0.6 is 0 Å². The Morgan fingerprint density at radius 2 is 1.80 bits per heavy atom. The Hall–Kier alpha value is -1.02. The monoisotopic (exact) mass is 206 g/mol. The molecule has 0 atom stereocenters. The molecule has 0 spiro atoms. The summed E-state index contributed by atoms with van der Waals surface area (Å²) in [5.41, 5.74) is 0.459. The third-order valence-corrected chi connectivity index (χ3v) is 2.94. The lowest BCUT2D eigenvalue weighted by Gasteiger charge is -2.37. The first-order valence-corrected chi connectivity index (χ1v) is 5.60. The van der Waals surface area contributed by atoms with Gasteiger partial charge in [-0.3, -0.25) is 0 Å². The van der Waals surface area contributed by atoms with E-state index in [2.05, 4.69) is 0 Å². The zero-order valence-corrected chi connectivity index (χ0v) is 9.36. The summed E-state index contributed by atoms with van der Waals surface area (Å²) in [5, 5.41) is 10.1. The highest BCUT2D eigenvalue weighted by molar-refractivity contribution is 5.32. The number of ether oxygens (including phenoxy) is 1. The fourth-order valence-corrected chi connectivity index (χ4v) is 1.92. The van der Waals surface area contributed by atoms with Crippen molar-refractivity contribution in [3.63, 3.8) is 0 Å². The first-order chi connectivity index (χ1) is 7.10. The molecule has 0 saturated heterocycles. The van der Waals surface area contributed by atoms with Crippen molar-refractivity contribution >= 4 is 0 Å². The average Bonchev–Trinajstić information content (AvgIpc) is 2.14. The summed E-state index contributed by atoms with van der Waals surface area (Å²) >= 11 is 0. The summed E-state index contributed by atoms with van der Waals surface area (Å²) in [7, 11) is 0. The molecule has 1 aromatic carbocycles. The second-order valence-electron chi connectivity index (χ2n) is 4.58. The molecule has 1 aromatic rings. The summed E-state index contributed by atoms with van der Waals surface area (Å²) < 4.78 is 5.55. The van der Waals surface area contributed by atoms with Crippen LogP contribution in [0.15, 0.2) is 24.3 Å². The minimum Gasteiger partial charge on any atom is -0.491 e. The zero-order chi connectivity index (χ0) is 10.9. The van der Waals surface area contributed by atoms with E-state index in [0.717, 1.165) is 30.6 Å². The summed E-state index contributed by atoms with van der Waals surface area (Å²) in [6.45, 7) is 4.01. The van der Waals surface area contributed by atoms with Crippen LogP contribution in [0.5, 0.6) is 5.75 Å². The van der Waals surface area contributed by atoms with Gasteiger partial charge in [0.25, 0.3) is 0 Å². The van der Waals surface area contributed by atoms with E-state index in [0.29, 0.717) is 0 Å². The van der Waals surface area contributed by atoms with Crippen LogP contribution in [0.2, 0.25) is 0 Å². The molecular weight excluding hydrogens is 188 g/mol. The van der Waals surface area contributed by atoms with Gasteiger partial charge >= 0.3 is 0 Å². The Labute approximate surface area is 90.9 Å². The smallest absolute Gasteiger partial charge is 0.119 e. The second-order valence-corrected chi connectivity index (χ2v) is 4.58. The molecule has 2 rings (SSSR count). The Morgan fingerprint density at radius 3 is 2.20 bits per heavy atom. The normalized spacial score (nSPS) is 18.7. The second kappa shape index (κ2) is 3.86. The van der Waals surface area contributed by atoms with Gasteiger partial charge in [-0.15, -0.1) is 0 Å². The van der Waals surface area contributed by atoms with Crippen LogP contribution in [0.3, 0.4) is 0 Å². The highest BCUT2D eigenvalue weighted by Crippen LogP contribution is 2.41. The molecule has 1 aliphatic carbocycles. The van der Waals surface area contributed by atoms with Crippen LogP contribution in [0.1, 0.15) is 38.7 Å². The molecule has 0 unspecified atom stereocenters. The van der Waals surface area contributed by atoms with Crippen LogP contribution in [0.25, 0.3) is 0 Å². The van der Waals surface area contributed by atoms with Crippen molar-refractivity contribution in [1.29, 1.82) is 0 Å². The van der Waals surface area contributed by atoms with Crippen LogP contribution < -0.4 is 4.74 Å². The Morgan fingerprint density at radius 1 is 1.20 bits per heavy atom. The Balaban J connectivity index is 2.10. The molecule has 0 bridgehead atoms. The molecule has 0 radical (unpaired) electrons. The van der Waals surface area contributed by atoms with Gasteiger partial charge in [0.15, 0.2) is 0 Å². The van der Waals surface area contributed by atoms with E-state index < -0.39 is 5.60 Å². The van der Waals surface area contributed by atoms with Gasteiger partial charge in [-0.25, -0.2) is 0 Å². The molecule has 82 valence electrons. The molecular formula is C13H18O2. The lowest BCUT2D eigenvalue weighted by Crippen LogP contribution is -2.33. The molecule has 0 aliphatic heterocycles. The molecule has 0 aromatic heterocycles. The maximum atomic E-state index is 10.1. The van der Waals surface area contributed by atoms with Crippen molar-refractivity contribution in [1.82, 2.24) is 0 Å². The van der Waals surface area contributed by atoms with Crippen molar-refractivity contribution in [3.05, 3.63) is 29.8 Å². The van der Waals surface area contributed by atoms with Gasteiger partial charge in [0.1, 0.15) is 5.75 Å². The zero-order valence-electron chi connectivity index (χ0n) is 9.36. The lowest BCUT2D eigenvalue weighted by atomic mass is 9.75. The van der Waals surface area contributed by atoms with Gasteiger partial charge < -0.3 is 9.84 Å². The minimum atomic E-state index is -0.559. The first kappa shape index (κ1) is 10.5. The van der Waals surface area contributed by atoms with E-state index in [-0.39, 0.29) is 6.10 Å². The van der Waals surface area contributed by atoms with Crippen molar-refractivity contribution in [2.45, 2.75) is 44.8 Å². The number of benzene rings is 1. The number of hydrogen-bond acceptors (Lipinski definition) is 2. The molecule has 15 heavy (non-hydrogen) atoms. The summed E-state index contributed by atoms with van der Waals surface area (Å²) in [5.74, 6) is 0.872. The fourth-order valence-electron chi connectivity index (χ4n) is 1.92. The highest BCUT2D eigenvalue weighted by atomic mass is 16.5. The van der Waals surface area contributed by atoms with Gasteiger partial charge in [0, 0.05) is 0 Å². The van der Waals surface area contributed by atoms with Gasteiger partial charge in [-0.05, 0) is 50.8 Å². The van der Waals surface area contributed by atoms with Crippen molar-refractivity contribution < 1.29 is 9.84 Å². The van der Waals surface area contributed by atoms with E-state index in [9.17, 15) is 5.11 Å². The summed E-state index contributed by atoms with van der Waals surface area (Å²) in [4.78, 5) is 0. The SMILES string of the molecule is CC(C)Oc1ccc(C2(O)CCC2)cc1. The largest absolute Gasteiger partial charge is 0.491 e. The van der Waals surface area contributed by atoms with Crippen LogP contribution in [-0.4, -0.2) is 11.2 Å². The molecule has 1 aliphatic rings. The number of aliphatic hydroxyl groups is 1. The number of hydrogen-bond donors (Lipinski definition) is 1. The quantitative estimate of drug-likeness (QED) is 0.824. The van der Waals surface area contributed by atoms with Crippen LogP contribution in [-0.2, 0) is 5.60 Å². The highest BCUT2D eigenvalue weighted by Gasteiger charge is 2.35. The average molecular weight is 206 g/mol. The molecule has 0 heterocycles. The number of rotatable bonds is 3. The van der Waals surface area contributed by atoms with E-state index in [1.54, 1.807) is 0 Å². The maximum Gasteiger partial charge on any atom is 0.119 e. The molecule has 0 amide bonds. The topological polar surface area (TPSA) is 29.5 Å². The fraction of sp³-hybridized carbons (Fsp3) is 0.538. The predicted octanol–water partition coefficient (Wildman–Crippen LogP) is 2.85. The van der Waals surface area contributed by atoms with Gasteiger partial charge in [0.05, 0.1) is 11.7 Å². The van der Waals surface area contributed by atoms with E-state index >= 15 is 0 Å². The van der Waals surface area contributed by atoms with Crippen LogP contribution in [0.4, 0.5) is 0 Å². The van der Waals surface area contributed by atoms with Crippen molar-refractivity contribution in [2.75, 3.05) is 0 Å². The van der Waals surface area contributed by atoms with E-state index in [4.69, 9.17) is 4.74 Å². The van der Waals surface area contributed by atoms with E-state index in [1.807, 2.05) is 38.1 Å². The summed E-state index contributed by atoms with van der Waals surface area (Å²) in [6, 6.07) is 7.81. The van der Waals surface area contributed by atoms with Crippen molar-refractivity contribution in [3.8, 4) is 5.75 Å². The van der Waals surface area contributed by atoms with Gasteiger partial charge in [-0.2, -0.15) is 0 Å². The lowest BCUT2D eigenvalue weighted by molar-refractivity contribution is -0.0388. The summed E-state index contributed by atoms with van der Waals surface area (Å²) in [6.07, 6.45) is 3.10. The molecule has 2 nitrogen and oxygen atoms in total. The predicted molar refractivity (Wildman–Crippen MR) is 60.0 cm³/mol. The third-order valence-electron chi connectivity index (χ3n) is 2.94. The minimum absolute atomic E-state index is 0.197. The Kier molecular flexibility index (Phi) is 2.70. The Bertz CT molecular complexity index is 323. The van der Waals surface area contributed by atoms with Gasteiger partial charge in [0.2, 0.25) is 0 Å². The standard InChI is InChI=1S/C13H18O2/c1-10(2)15-12-6-4-11(5-7-12)13(14)8-3-9-13/h4-7,10,14H,3,8-9H2,1-2H3. The van der Waals surface area contributed by atoms with Gasteiger partial charge in [-0.1, -0.05) is 12.1 Å². The maximum absolute atomic E-state index is 10.1. The van der Waals surface area contributed by atoms with E-state index in [1.165, 1.54) is 0 Å². The molecule has 1 fully saturated rings. The third kappa shape index (κ3) is 2.15. The van der Waals surface area contributed by atoms with Crippen molar-refractivity contribution in [2.24, 2.45) is 0 Å². The molecule has 2 heteroatoms. The van der Waals surface area contributed by atoms with Crippen LogP contribution in [0, 0.1) is 0 Å². The molecule has 1 saturated carbocycles.